The predicted molar refractivity (Wildman–Crippen MR) is 123 cm³/mol. The number of hydrogen-bond acceptors (Lipinski definition) is 4. The van der Waals surface area contributed by atoms with Crippen molar-refractivity contribution < 1.29 is 18.7 Å². The highest BCUT2D eigenvalue weighted by atomic mass is 32.2. The Kier molecular flexibility index (Phi) is 8.89. The van der Waals surface area contributed by atoms with Gasteiger partial charge in [-0.25, -0.2) is 13.1 Å². The van der Waals surface area contributed by atoms with E-state index in [0.29, 0.717) is 48.6 Å². The van der Waals surface area contributed by atoms with Crippen LogP contribution in [0.3, 0.4) is 0 Å². The van der Waals surface area contributed by atoms with E-state index in [0.717, 1.165) is 25.7 Å². The number of nitriles is 1. The van der Waals surface area contributed by atoms with E-state index in [9.17, 15) is 13.6 Å². The molecule has 1 unspecified atom stereocenters. The summed E-state index contributed by atoms with van der Waals surface area (Å²) in [4.78, 5) is 10.2. The zero-order valence-corrected chi connectivity index (χ0v) is 19.2. The summed E-state index contributed by atoms with van der Waals surface area (Å²) in [6.45, 7) is 2.61. The standard InChI is InChI=1S/C18H21F2NS.C7H9NO2/c1-13-7-10-18(14-5-3-2-4-6-14)22-21(13)12-15-11-16(19)8-9-17(15)20;8-2-1-5-3-6(4-5)7(9)10/h3,5-6,8-9,11,13,18H,2,4,7,10,12H2,1H3;5-6H,1,3-4H2,(H,9,10)/t13-,18?;/m0./s1. The Morgan fingerprint density at radius 2 is 2.06 bits per heavy atom. The lowest BCUT2D eigenvalue weighted by Crippen LogP contribution is -2.34. The highest BCUT2D eigenvalue weighted by Crippen LogP contribution is 2.38. The van der Waals surface area contributed by atoms with Gasteiger partial charge in [-0.05, 0) is 75.1 Å². The molecule has 1 N–H and O–H groups in total. The lowest BCUT2D eigenvalue weighted by atomic mass is 9.74. The molecule has 2 fully saturated rings. The van der Waals surface area contributed by atoms with Gasteiger partial charge in [0.15, 0.2) is 0 Å². The van der Waals surface area contributed by atoms with E-state index in [4.69, 9.17) is 10.4 Å². The van der Waals surface area contributed by atoms with Crippen LogP contribution in [0.1, 0.15) is 57.4 Å². The van der Waals surface area contributed by atoms with Crippen molar-refractivity contribution in [1.82, 2.24) is 4.31 Å². The lowest BCUT2D eigenvalue weighted by Gasteiger charge is -2.37. The molecule has 32 heavy (non-hydrogen) atoms. The summed E-state index contributed by atoms with van der Waals surface area (Å²) < 4.78 is 29.4. The number of allylic oxidation sites excluding steroid dienone is 3. The van der Waals surface area contributed by atoms with Crippen molar-refractivity contribution in [2.45, 2.75) is 69.7 Å². The molecule has 4 nitrogen and oxygen atoms in total. The van der Waals surface area contributed by atoms with Crippen LogP contribution in [0.5, 0.6) is 0 Å². The largest absolute Gasteiger partial charge is 0.481 e. The maximum atomic E-state index is 13.9. The summed E-state index contributed by atoms with van der Waals surface area (Å²) in [6.07, 6.45) is 13.1. The van der Waals surface area contributed by atoms with E-state index < -0.39 is 5.97 Å². The fourth-order valence-corrected chi connectivity index (χ4v) is 5.61. The minimum Gasteiger partial charge on any atom is -0.481 e. The molecule has 1 saturated heterocycles. The summed E-state index contributed by atoms with van der Waals surface area (Å²) in [5.41, 5.74) is 1.82. The summed E-state index contributed by atoms with van der Waals surface area (Å²) in [7, 11) is 0. The molecule has 0 radical (unpaired) electrons. The number of carbonyl (C=O) groups is 1. The number of carboxylic acid groups (broad SMARTS) is 1. The third kappa shape index (κ3) is 6.66. The molecule has 1 aromatic carbocycles. The van der Waals surface area contributed by atoms with Crippen LogP contribution in [0.2, 0.25) is 0 Å². The van der Waals surface area contributed by atoms with E-state index in [-0.39, 0.29) is 17.6 Å². The maximum absolute atomic E-state index is 13.9. The summed E-state index contributed by atoms with van der Waals surface area (Å²) in [5.74, 6) is -1.23. The predicted octanol–water partition coefficient (Wildman–Crippen LogP) is 6.25. The van der Waals surface area contributed by atoms with E-state index >= 15 is 0 Å². The van der Waals surface area contributed by atoms with Gasteiger partial charge < -0.3 is 5.11 Å². The molecule has 4 rings (SSSR count). The van der Waals surface area contributed by atoms with Crippen LogP contribution in [0, 0.1) is 34.8 Å². The van der Waals surface area contributed by atoms with Gasteiger partial charge in [-0.15, -0.1) is 0 Å². The molecule has 0 aromatic heterocycles. The van der Waals surface area contributed by atoms with Crippen molar-refractivity contribution in [2.75, 3.05) is 0 Å². The molecular weight excluding hydrogens is 430 g/mol. The van der Waals surface area contributed by atoms with Crippen molar-refractivity contribution in [3.63, 3.8) is 0 Å². The molecule has 2 aliphatic carbocycles. The van der Waals surface area contributed by atoms with Gasteiger partial charge in [0.1, 0.15) is 11.6 Å². The molecule has 7 heteroatoms. The molecule has 1 heterocycles. The first kappa shape index (κ1) is 24.5. The average molecular weight is 461 g/mol. The molecule has 0 bridgehead atoms. The molecule has 2 atom stereocenters. The van der Waals surface area contributed by atoms with E-state index in [2.05, 4.69) is 29.5 Å². The van der Waals surface area contributed by atoms with E-state index in [1.165, 1.54) is 23.8 Å². The van der Waals surface area contributed by atoms with Gasteiger partial charge in [0, 0.05) is 29.8 Å². The maximum Gasteiger partial charge on any atom is 0.306 e. The summed E-state index contributed by atoms with van der Waals surface area (Å²) >= 11 is 1.78. The molecule has 3 aliphatic rings. The van der Waals surface area contributed by atoms with Gasteiger partial charge in [0.25, 0.3) is 0 Å². The Bertz CT molecular complexity index is 906. The number of benzene rings is 1. The smallest absolute Gasteiger partial charge is 0.306 e. The summed E-state index contributed by atoms with van der Waals surface area (Å²) in [5, 5.41) is 17.1. The fourth-order valence-electron chi connectivity index (χ4n) is 4.22. The van der Waals surface area contributed by atoms with Crippen molar-refractivity contribution >= 4 is 17.9 Å². The Labute approximate surface area is 193 Å². The second kappa shape index (κ2) is 11.6. The van der Waals surface area contributed by atoms with Crippen LogP contribution in [0.4, 0.5) is 8.78 Å². The van der Waals surface area contributed by atoms with Crippen molar-refractivity contribution in [3.8, 4) is 6.07 Å². The average Bonchev–Trinajstić information content (AvgIpc) is 2.75. The van der Waals surface area contributed by atoms with E-state index in [1.54, 1.807) is 11.9 Å². The van der Waals surface area contributed by atoms with Gasteiger partial charge in [0.2, 0.25) is 0 Å². The van der Waals surface area contributed by atoms with Crippen molar-refractivity contribution in [2.24, 2.45) is 11.8 Å². The van der Waals surface area contributed by atoms with Gasteiger partial charge in [-0.1, -0.05) is 30.2 Å². The topological polar surface area (TPSA) is 64.3 Å². The van der Waals surface area contributed by atoms with Gasteiger partial charge in [0.05, 0.1) is 12.0 Å². The monoisotopic (exact) mass is 460 g/mol. The van der Waals surface area contributed by atoms with Crippen LogP contribution in [-0.4, -0.2) is 26.7 Å². The number of halogens is 2. The second-order valence-electron chi connectivity index (χ2n) is 8.75. The van der Waals surface area contributed by atoms with Crippen LogP contribution in [0.15, 0.2) is 42.0 Å². The number of hydrogen-bond donors (Lipinski definition) is 1. The Morgan fingerprint density at radius 3 is 2.72 bits per heavy atom. The van der Waals surface area contributed by atoms with Crippen molar-refractivity contribution in [3.05, 3.63) is 59.2 Å². The molecule has 172 valence electrons. The Hall–Kier alpha value is -2.17. The molecule has 1 aromatic rings. The minimum absolute atomic E-state index is 0.168. The van der Waals surface area contributed by atoms with Gasteiger partial charge in [-0.2, -0.15) is 5.26 Å². The number of nitrogens with zero attached hydrogens (tertiary/aromatic N) is 2. The second-order valence-corrected chi connectivity index (χ2v) is 10.00. The highest BCUT2D eigenvalue weighted by molar-refractivity contribution is 7.97. The SMILES string of the molecule is C[C@H]1CCC(C2=CCCC=C2)SN1Cc1cc(F)ccc1F.N#CCC1CC(C(=O)O)C1. The first-order valence-corrected chi connectivity index (χ1v) is 12.0. The molecule has 0 amide bonds. The van der Waals surface area contributed by atoms with E-state index in [1.807, 2.05) is 6.07 Å². The van der Waals surface area contributed by atoms with Gasteiger partial charge >= 0.3 is 5.97 Å². The first-order valence-electron chi connectivity index (χ1n) is 11.2. The quantitative estimate of drug-likeness (QED) is 0.526. The van der Waals surface area contributed by atoms with Gasteiger partial charge in [-0.3, -0.25) is 4.79 Å². The van der Waals surface area contributed by atoms with Crippen LogP contribution >= 0.6 is 11.9 Å². The highest BCUT2D eigenvalue weighted by Gasteiger charge is 2.33. The Morgan fingerprint density at radius 1 is 1.28 bits per heavy atom. The molecule has 1 aliphatic heterocycles. The zero-order chi connectivity index (χ0) is 23.1. The molecular formula is C25H30F2N2O2S. The minimum atomic E-state index is -0.714. The first-order chi connectivity index (χ1) is 15.4. The molecule has 0 spiro atoms. The van der Waals surface area contributed by atoms with Crippen LogP contribution in [-0.2, 0) is 11.3 Å². The third-order valence-electron chi connectivity index (χ3n) is 6.30. The number of rotatable bonds is 5. The summed E-state index contributed by atoms with van der Waals surface area (Å²) in [6, 6.07) is 6.11. The number of aliphatic carboxylic acids is 1. The zero-order valence-electron chi connectivity index (χ0n) is 18.3. The molecule has 1 saturated carbocycles. The third-order valence-corrected chi connectivity index (χ3v) is 7.82. The lowest BCUT2D eigenvalue weighted by molar-refractivity contribution is -0.146. The Balaban J connectivity index is 0.000000243. The number of carboxylic acids is 1. The van der Waals surface area contributed by atoms with Crippen molar-refractivity contribution in [1.29, 1.82) is 5.26 Å². The van der Waals surface area contributed by atoms with Crippen LogP contribution in [0.25, 0.3) is 0 Å². The fraction of sp³-hybridized carbons (Fsp3) is 0.520. The normalized spacial score (nSPS) is 27.4. The van der Waals surface area contributed by atoms with Crippen LogP contribution < -0.4 is 0 Å².